The van der Waals surface area contributed by atoms with Crippen LogP contribution in [0.4, 0.5) is 5.69 Å². The number of unbranched alkanes of at least 4 members (excludes halogenated alkanes) is 3. The van der Waals surface area contributed by atoms with Crippen molar-refractivity contribution in [3.8, 4) is 5.00 Å². The van der Waals surface area contributed by atoms with Crippen molar-refractivity contribution in [2.24, 2.45) is 4.99 Å². The zero-order valence-electron chi connectivity index (χ0n) is 29.1. The molecule has 0 aliphatic carbocycles. The van der Waals surface area contributed by atoms with Crippen molar-refractivity contribution in [3.63, 3.8) is 0 Å². The number of carbonyl (C=O) groups excluding carboxylic acids is 5. The molecule has 1 unspecified atom stereocenters. The van der Waals surface area contributed by atoms with Gasteiger partial charge in [-0.3, -0.25) is 43.7 Å². The molecule has 2 N–H and O–H groups in total. The van der Waals surface area contributed by atoms with Crippen molar-refractivity contribution in [3.05, 3.63) is 91.8 Å². The quantitative estimate of drug-likeness (QED) is 0.128. The van der Waals surface area contributed by atoms with Crippen LogP contribution in [0.1, 0.15) is 111 Å². The second kappa shape index (κ2) is 14.5. The first-order valence-corrected chi connectivity index (χ1v) is 18.7. The largest absolute Gasteiger partial charge is 0.384 e. The average molecular weight is 740 g/mol. The van der Waals surface area contributed by atoms with Gasteiger partial charge in [0.1, 0.15) is 28.7 Å². The molecule has 1 fully saturated rings. The first-order chi connectivity index (χ1) is 25.0. The molecule has 52 heavy (non-hydrogen) atoms. The smallest absolute Gasteiger partial charge is 0.264 e. The van der Waals surface area contributed by atoms with E-state index in [1.807, 2.05) is 31.2 Å². The summed E-state index contributed by atoms with van der Waals surface area (Å²) in [5, 5.41) is 16.0. The van der Waals surface area contributed by atoms with Crippen LogP contribution in [0, 0.1) is 20.8 Å². The molecule has 3 aliphatic rings. The minimum atomic E-state index is -1.01. The number of imide groups is 2. The number of aryl methyl sites for hydroxylation is 2. The highest BCUT2D eigenvalue weighted by Gasteiger charge is 2.45. The minimum Gasteiger partial charge on any atom is -0.384 e. The van der Waals surface area contributed by atoms with Crippen LogP contribution < -0.4 is 10.6 Å². The monoisotopic (exact) mass is 739 g/mol. The number of aliphatic imine (C=N–C) groups is 1. The normalized spacial score (nSPS) is 18.1. The van der Waals surface area contributed by atoms with Crippen molar-refractivity contribution in [2.45, 2.75) is 84.2 Å². The highest BCUT2D eigenvalue weighted by Crippen LogP contribution is 2.40. The van der Waals surface area contributed by atoms with Gasteiger partial charge in [0, 0.05) is 52.5 Å². The van der Waals surface area contributed by atoms with Gasteiger partial charge in [0.15, 0.2) is 5.82 Å². The van der Waals surface area contributed by atoms with E-state index in [-0.39, 0.29) is 36.2 Å². The molecular formula is C38H38ClN7O5S. The number of ketones is 1. The zero-order chi connectivity index (χ0) is 36.7. The van der Waals surface area contributed by atoms with Crippen LogP contribution >= 0.6 is 22.9 Å². The molecule has 2 aromatic heterocycles. The van der Waals surface area contributed by atoms with Crippen LogP contribution in [0.15, 0.2) is 47.5 Å². The van der Waals surface area contributed by atoms with Gasteiger partial charge in [0.05, 0.1) is 16.8 Å². The summed E-state index contributed by atoms with van der Waals surface area (Å²) >= 11 is 7.90. The Bertz CT molecular complexity index is 2150. The molecular weight excluding hydrogens is 702 g/mol. The molecule has 0 bridgehead atoms. The highest BCUT2D eigenvalue weighted by atomic mass is 35.5. The highest BCUT2D eigenvalue weighted by molar-refractivity contribution is 7.15. The summed E-state index contributed by atoms with van der Waals surface area (Å²) in [5.41, 5.74) is 4.94. The van der Waals surface area contributed by atoms with Gasteiger partial charge < -0.3 is 5.32 Å². The lowest BCUT2D eigenvalue weighted by Crippen LogP contribution is -2.54. The second-order valence-electron chi connectivity index (χ2n) is 13.4. The number of aromatic nitrogens is 3. The number of nitrogens with one attached hydrogen (secondary N) is 2. The van der Waals surface area contributed by atoms with Gasteiger partial charge in [0.25, 0.3) is 11.8 Å². The van der Waals surface area contributed by atoms with Gasteiger partial charge in [0.2, 0.25) is 11.8 Å². The number of thiophene rings is 1. The predicted octanol–water partition coefficient (Wildman–Crippen LogP) is 6.22. The number of carbonyl (C=O) groups is 5. The molecule has 3 aliphatic heterocycles. The Morgan fingerprint density at radius 1 is 0.962 bits per heavy atom. The molecule has 1 saturated heterocycles. The van der Waals surface area contributed by atoms with Crippen LogP contribution in [0.2, 0.25) is 5.02 Å². The first-order valence-electron chi connectivity index (χ1n) is 17.5. The Morgan fingerprint density at radius 3 is 2.50 bits per heavy atom. The van der Waals surface area contributed by atoms with Crippen molar-refractivity contribution in [1.29, 1.82) is 0 Å². The van der Waals surface area contributed by atoms with Gasteiger partial charge in [-0.05, 0) is 69.9 Å². The van der Waals surface area contributed by atoms with Gasteiger partial charge in [-0.2, -0.15) is 0 Å². The standard InChI is InChI=1S/C38H38ClN7O5S/c1-20-21(2)52-38-31(20)33(23-12-14-24(39)15-13-23)41-28(34-44-43-22(3)45(34)38)19-25(47)9-6-4-5-7-18-40-27-11-8-10-26-32(27)37(51)46(36(26)50)29-16-17-30(48)42-35(29)49/h8,10-15,28-29,40H,4-7,9,16-19H2,1-3H3,(H,42,48,49)/t28-,29?/m0/s1. The number of Topliss-reactive ketones (excluding diaryl/α,β-unsaturated/α-hetero) is 1. The fourth-order valence-corrected chi connectivity index (χ4v) is 8.48. The lowest BCUT2D eigenvalue weighted by molar-refractivity contribution is -0.136. The van der Waals surface area contributed by atoms with Crippen LogP contribution in [0.3, 0.4) is 0 Å². The summed E-state index contributed by atoms with van der Waals surface area (Å²) in [6, 6.07) is 11.2. The lowest BCUT2D eigenvalue weighted by Gasteiger charge is -2.27. The maximum absolute atomic E-state index is 13.4. The van der Waals surface area contributed by atoms with E-state index in [0.29, 0.717) is 29.5 Å². The molecule has 0 radical (unpaired) electrons. The number of rotatable bonds is 12. The van der Waals surface area contributed by atoms with E-state index < -0.39 is 35.7 Å². The van der Waals surface area contributed by atoms with Crippen LogP contribution in [0.5, 0.6) is 0 Å². The van der Waals surface area contributed by atoms with Gasteiger partial charge in [-0.25, -0.2) is 0 Å². The van der Waals surface area contributed by atoms with Crippen molar-refractivity contribution in [2.75, 3.05) is 11.9 Å². The minimum absolute atomic E-state index is 0.0680. The Kier molecular flexibility index (Phi) is 9.90. The number of amides is 4. The van der Waals surface area contributed by atoms with Gasteiger partial charge >= 0.3 is 0 Å². The summed E-state index contributed by atoms with van der Waals surface area (Å²) < 4.78 is 2.05. The second-order valence-corrected chi connectivity index (χ2v) is 15.1. The molecule has 268 valence electrons. The van der Waals surface area contributed by atoms with Crippen LogP contribution in [0.25, 0.3) is 5.00 Å². The Balaban J connectivity index is 0.948. The Labute approximate surface area is 309 Å². The molecule has 12 nitrogen and oxygen atoms in total. The third-order valence-corrected chi connectivity index (χ3v) is 11.4. The summed E-state index contributed by atoms with van der Waals surface area (Å²) in [6.07, 6.45) is 4.03. The molecule has 7 rings (SSSR count). The molecule has 2 atom stereocenters. The van der Waals surface area contributed by atoms with Crippen LogP contribution in [-0.2, 0) is 14.4 Å². The summed E-state index contributed by atoms with van der Waals surface area (Å²) in [4.78, 5) is 71.3. The SMILES string of the molecule is Cc1sc2c(c1C)C(c1ccc(Cl)cc1)=N[C@@H](CC(=O)CCCCCCNc1cccc3c1C(=O)N(C1CCC(=O)NC1=O)C3=O)c1nnc(C)n1-2. The number of hydrogen-bond donors (Lipinski definition) is 2. The van der Waals surface area contributed by atoms with Crippen LogP contribution in [-0.4, -0.2) is 67.4 Å². The van der Waals surface area contributed by atoms with E-state index in [1.54, 1.807) is 29.5 Å². The Hall–Kier alpha value is -5.01. The third-order valence-electron chi connectivity index (χ3n) is 9.94. The summed E-state index contributed by atoms with van der Waals surface area (Å²) in [6.45, 7) is 6.68. The van der Waals surface area contributed by atoms with Gasteiger partial charge in [-0.15, -0.1) is 21.5 Å². The molecule has 4 aromatic rings. The van der Waals surface area contributed by atoms with E-state index in [4.69, 9.17) is 16.6 Å². The molecule has 0 saturated carbocycles. The number of halogens is 1. The van der Waals surface area contributed by atoms with Crippen molar-refractivity contribution >= 4 is 63.7 Å². The van der Waals surface area contributed by atoms with E-state index in [1.165, 1.54) is 4.88 Å². The lowest BCUT2D eigenvalue weighted by atomic mass is 9.99. The summed E-state index contributed by atoms with van der Waals surface area (Å²) in [5.74, 6) is -0.598. The van der Waals surface area contributed by atoms with E-state index >= 15 is 0 Å². The fourth-order valence-electron chi connectivity index (χ4n) is 7.14. The first kappa shape index (κ1) is 35.4. The predicted molar refractivity (Wildman–Crippen MR) is 198 cm³/mol. The van der Waals surface area contributed by atoms with Gasteiger partial charge in [-0.1, -0.05) is 42.6 Å². The Morgan fingerprint density at radius 2 is 1.73 bits per heavy atom. The third kappa shape index (κ3) is 6.58. The molecule has 2 aromatic carbocycles. The maximum Gasteiger partial charge on any atom is 0.264 e. The molecule has 4 amide bonds. The summed E-state index contributed by atoms with van der Waals surface area (Å²) in [7, 11) is 0. The number of hydrogen-bond acceptors (Lipinski definition) is 10. The van der Waals surface area contributed by atoms with E-state index in [0.717, 1.165) is 63.8 Å². The molecule has 0 spiro atoms. The fraction of sp³-hybridized carbons (Fsp3) is 0.368. The topological polar surface area (TPSA) is 156 Å². The maximum atomic E-state index is 13.4. The number of anilines is 1. The van der Waals surface area contributed by atoms with E-state index in [9.17, 15) is 24.0 Å². The number of piperidine rings is 1. The zero-order valence-corrected chi connectivity index (χ0v) is 30.7. The van der Waals surface area contributed by atoms with Crippen molar-refractivity contribution < 1.29 is 24.0 Å². The van der Waals surface area contributed by atoms with Crippen molar-refractivity contribution in [1.82, 2.24) is 25.0 Å². The number of benzene rings is 2. The number of nitrogens with zero attached hydrogens (tertiary/aromatic N) is 5. The molecule has 5 heterocycles. The average Bonchev–Trinajstić information content (AvgIpc) is 3.69. The molecule has 14 heteroatoms. The number of fused-ring (bicyclic) bond motifs is 4. The van der Waals surface area contributed by atoms with E-state index in [2.05, 4.69) is 39.2 Å².